The van der Waals surface area contributed by atoms with Gasteiger partial charge >= 0.3 is 0 Å². The highest BCUT2D eigenvalue weighted by molar-refractivity contribution is 7.07. The summed E-state index contributed by atoms with van der Waals surface area (Å²) in [6.45, 7) is 1.66. The summed E-state index contributed by atoms with van der Waals surface area (Å²) >= 11 is 1.62. The molecule has 0 aromatic carbocycles. The number of rotatable bonds is 4. The van der Waals surface area contributed by atoms with Crippen molar-refractivity contribution in [3.8, 4) is 0 Å². The number of nitrogens with one attached hydrogen (secondary N) is 1. The summed E-state index contributed by atoms with van der Waals surface area (Å²) in [5.74, 6) is 0. The van der Waals surface area contributed by atoms with Crippen molar-refractivity contribution in [1.29, 1.82) is 0 Å². The maximum absolute atomic E-state index is 4.19. The van der Waals surface area contributed by atoms with Gasteiger partial charge in [0, 0.05) is 30.9 Å². The first-order chi connectivity index (χ1) is 6.95. The van der Waals surface area contributed by atoms with Gasteiger partial charge in [-0.25, -0.2) is 4.98 Å². The molecule has 2 aromatic heterocycles. The molecule has 0 radical (unpaired) electrons. The molecule has 0 aliphatic heterocycles. The molecule has 0 unspecified atom stereocenters. The Morgan fingerprint density at radius 3 is 3.07 bits per heavy atom. The van der Waals surface area contributed by atoms with Crippen molar-refractivity contribution >= 4 is 11.3 Å². The zero-order valence-corrected chi connectivity index (χ0v) is 8.50. The van der Waals surface area contributed by atoms with Gasteiger partial charge in [0.25, 0.3) is 0 Å². The summed E-state index contributed by atoms with van der Waals surface area (Å²) in [6.07, 6.45) is 3.65. The van der Waals surface area contributed by atoms with E-state index in [-0.39, 0.29) is 0 Å². The number of aromatic nitrogens is 2. The van der Waals surface area contributed by atoms with Crippen LogP contribution in [0.25, 0.3) is 0 Å². The van der Waals surface area contributed by atoms with E-state index in [9.17, 15) is 0 Å². The van der Waals surface area contributed by atoms with Crippen molar-refractivity contribution in [3.05, 3.63) is 46.7 Å². The van der Waals surface area contributed by atoms with E-state index in [2.05, 4.69) is 26.7 Å². The molecular weight excluding hydrogens is 194 g/mol. The molecule has 1 N–H and O–H groups in total. The molecule has 0 fully saturated rings. The standard InChI is InChI=1S/C10H11N3S/c1-2-9(4-11-3-1)5-12-6-10-7-14-8-13-10/h1-4,7-8,12H,5-6H2. The number of pyridine rings is 1. The average molecular weight is 205 g/mol. The number of hydrogen-bond acceptors (Lipinski definition) is 4. The van der Waals surface area contributed by atoms with Gasteiger partial charge in [-0.15, -0.1) is 11.3 Å². The third-order valence-electron chi connectivity index (χ3n) is 1.84. The van der Waals surface area contributed by atoms with Crippen molar-refractivity contribution in [2.45, 2.75) is 13.1 Å². The Bertz CT molecular complexity index is 358. The van der Waals surface area contributed by atoms with E-state index in [0.717, 1.165) is 18.8 Å². The van der Waals surface area contributed by atoms with Crippen LogP contribution >= 0.6 is 11.3 Å². The van der Waals surface area contributed by atoms with E-state index in [1.807, 2.05) is 17.8 Å². The minimum Gasteiger partial charge on any atom is -0.307 e. The van der Waals surface area contributed by atoms with Crippen LogP contribution in [0.2, 0.25) is 0 Å². The fourth-order valence-electron chi connectivity index (χ4n) is 1.16. The van der Waals surface area contributed by atoms with Crippen LogP contribution in [0.4, 0.5) is 0 Å². The molecule has 0 aliphatic carbocycles. The third-order valence-corrected chi connectivity index (χ3v) is 2.48. The summed E-state index contributed by atoms with van der Waals surface area (Å²) in [4.78, 5) is 8.23. The van der Waals surface area contributed by atoms with Crippen LogP contribution in [-0.4, -0.2) is 9.97 Å². The second-order valence-corrected chi connectivity index (χ2v) is 3.66. The highest BCUT2D eigenvalue weighted by atomic mass is 32.1. The smallest absolute Gasteiger partial charge is 0.0795 e. The first kappa shape index (κ1) is 9.30. The molecule has 0 spiro atoms. The Hall–Kier alpha value is -1.26. The Balaban J connectivity index is 1.79. The third kappa shape index (κ3) is 2.61. The molecule has 2 heterocycles. The van der Waals surface area contributed by atoms with Gasteiger partial charge in [0.15, 0.2) is 0 Å². The molecule has 14 heavy (non-hydrogen) atoms. The number of nitrogens with zero attached hydrogens (tertiary/aromatic N) is 2. The van der Waals surface area contributed by atoms with E-state index in [0.29, 0.717) is 0 Å². The number of hydrogen-bond donors (Lipinski definition) is 1. The second kappa shape index (κ2) is 4.83. The van der Waals surface area contributed by atoms with Gasteiger partial charge in [0.2, 0.25) is 0 Å². The molecule has 0 bridgehead atoms. The van der Waals surface area contributed by atoms with Crippen LogP contribution in [0.15, 0.2) is 35.4 Å². The molecule has 0 saturated heterocycles. The van der Waals surface area contributed by atoms with Crippen LogP contribution in [0.5, 0.6) is 0 Å². The summed E-state index contributed by atoms with van der Waals surface area (Å²) in [5, 5.41) is 5.36. The van der Waals surface area contributed by atoms with Gasteiger partial charge in [0.1, 0.15) is 0 Å². The molecule has 0 amide bonds. The van der Waals surface area contributed by atoms with Gasteiger partial charge in [0.05, 0.1) is 11.2 Å². The molecule has 72 valence electrons. The van der Waals surface area contributed by atoms with Crippen LogP contribution < -0.4 is 5.32 Å². The lowest BCUT2D eigenvalue weighted by molar-refractivity contribution is 0.681. The van der Waals surface area contributed by atoms with E-state index in [1.54, 1.807) is 17.5 Å². The zero-order chi connectivity index (χ0) is 9.64. The van der Waals surface area contributed by atoms with Crippen LogP contribution in [-0.2, 0) is 13.1 Å². The maximum Gasteiger partial charge on any atom is 0.0795 e. The topological polar surface area (TPSA) is 37.8 Å². The molecular formula is C10H11N3S. The molecule has 3 nitrogen and oxygen atoms in total. The monoisotopic (exact) mass is 205 g/mol. The lowest BCUT2D eigenvalue weighted by atomic mass is 10.3. The Kier molecular flexibility index (Phi) is 3.21. The van der Waals surface area contributed by atoms with Crippen LogP contribution in [0.3, 0.4) is 0 Å². The lowest BCUT2D eigenvalue weighted by Gasteiger charge is -2.01. The van der Waals surface area contributed by atoms with E-state index in [1.165, 1.54) is 5.56 Å². The minimum atomic E-state index is 0.818. The van der Waals surface area contributed by atoms with Crippen LogP contribution in [0.1, 0.15) is 11.3 Å². The van der Waals surface area contributed by atoms with Crippen molar-refractivity contribution in [3.63, 3.8) is 0 Å². The zero-order valence-electron chi connectivity index (χ0n) is 7.68. The normalized spacial score (nSPS) is 10.3. The minimum absolute atomic E-state index is 0.818. The summed E-state index contributed by atoms with van der Waals surface area (Å²) in [7, 11) is 0. The van der Waals surface area contributed by atoms with E-state index in [4.69, 9.17) is 0 Å². The quantitative estimate of drug-likeness (QED) is 0.827. The fraction of sp³-hybridized carbons (Fsp3) is 0.200. The van der Waals surface area contributed by atoms with Gasteiger partial charge in [-0.1, -0.05) is 6.07 Å². The van der Waals surface area contributed by atoms with Crippen molar-refractivity contribution in [2.24, 2.45) is 0 Å². The SMILES string of the molecule is c1cncc(CNCc2cscn2)c1. The molecule has 2 aromatic rings. The largest absolute Gasteiger partial charge is 0.307 e. The number of thiazole rings is 1. The van der Waals surface area contributed by atoms with E-state index >= 15 is 0 Å². The van der Waals surface area contributed by atoms with Gasteiger partial charge < -0.3 is 5.32 Å². The molecule has 0 saturated carbocycles. The Morgan fingerprint density at radius 2 is 2.36 bits per heavy atom. The Labute approximate surface area is 86.8 Å². The summed E-state index contributed by atoms with van der Waals surface area (Å²) < 4.78 is 0. The van der Waals surface area contributed by atoms with Gasteiger partial charge in [-0.3, -0.25) is 4.98 Å². The molecule has 2 rings (SSSR count). The van der Waals surface area contributed by atoms with E-state index < -0.39 is 0 Å². The maximum atomic E-state index is 4.19. The first-order valence-electron chi connectivity index (χ1n) is 4.42. The van der Waals surface area contributed by atoms with Crippen molar-refractivity contribution in [2.75, 3.05) is 0 Å². The second-order valence-electron chi connectivity index (χ2n) is 2.94. The average Bonchev–Trinajstić information content (AvgIpc) is 2.72. The predicted octanol–water partition coefficient (Wildman–Crippen LogP) is 1.83. The fourth-order valence-corrected chi connectivity index (χ4v) is 1.72. The van der Waals surface area contributed by atoms with Crippen molar-refractivity contribution in [1.82, 2.24) is 15.3 Å². The molecule has 4 heteroatoms. The van der Waals surface area contributed by atoms with Gasteiger partial charge in [-0.2, -0.15) is 0 Å². The van der Waals surface area contributed by atoms with Crippen LogP contribution in [0, 0.1) is 0 Å². The van der Waals surface area contributed by atoms with Gasteiger partial charge in [-0.05, 0) is 11.6 Å². The first-order valence-corrected chi connectivity index (χ1v) is 5.36. The highest BCUT2D eigenvalue weighted by Crippen LogP contribution is 2.01. The Morgan fingerprint density at radius 1 is 1.36 bits per heavy atom. The molecule has 0 aliphatic rings. The predicted molar refractivity (Wildman–Crippen MR) is 56.9 cm³/mol. The highest BCUT2D eigenvalue weighted by Gasteiger charge is 1.94. The van der Waals surface area contributed by atoms with Crippen molar-refractivity contribution < 1.29 is 0 Å². The lowest BCUT2D eigenvalue weighted by Crippen LogP contribution is -2.12. The summed E-state index contributed by atoms with van der Waals surface area (Å²) in [6, 6.07) is 4.00. The summed E-state index contributed by atoms with van der Waals surface area (Å²) in [5.41, 5.74) is 4.14. The molecule has 0 atom stereocenters.